The van der Waals surface area contributed by atoms with E-state index in [1.54, 1.807) is 0 Å². The number of nitroso groups, excluding NO2 is 2. The Hall–Kier alpha value is -3.92. The predicted octanol–water partition coefficient (Wildman–Crippen LogP) is 9.42. The fourth-order valence-electron chi connectivity index (χ4n) is 4.37. The van der Waals surface area contributed by atoms with Crippen LogP contribution in [-0.4, -0.2) is 7.25 Å². The van der Waals surface area contributed by atoms with Crippen LogP contribution in [0.3, 0.4) is 0 Å². The summed E-state index contributed by atoms with van der Waals surface area (Å²) in [7, 11) is -2.06. The average Bonchev–Trinajstić information content (AvgIpc) is 3.14. The first kappa shape index (κ1) is 39.5. The van der Waals surface area contributed by atoms with Crippen molar-refractivity contribution < 1.29 is 34.1 Å². The van der Waals surface area contributed by atoms with Gasteiger partial charge in [0.2, 0.25) is 0 Å². The van der Waals surface area contributed by atoms with Gasteiger partial charge in [-0.3, -0.25) is 0 Å². The third kappa shape index (κ3) is 15.0. The molecule has 6 aromatic carbocycles. The van der Waals surface area contributed by atoms with E-state index >= 15 is 0 Å². The molecule has 0 radical (unpaired) electrons. The van der Waals surface area contributed by atoms with E-state index in [0.717, 1.165) is 0 Å². The van der Waals surface area contributed by atoms with Gasteiger partial charge in [-0.1, -0.05) is 182 Å². The van der Waals surface area contributed by atoms with Gasteiger partial charge in [0.25, 0.3) is 0 Å². The summed E-state index contributed by atoms with van der Waals surface area (Å²) < 4.78 is 43.4. The molecular formula is C36H31BClF4N2O2P2Ru. The first-order chi connectivity index (χ1) is 23.7. The molecule has 0 bridgehead atoms. The van der Waals surface area contributed by atoms with Gasteiger partial charge in [0.15, 0.2) is 0 Å². The SMILES string of the molecule is F[B-](F)(F)F.O=[N][Ru]([Cl])[N]=O.[H+].c1ccc(P(c2ccccc2)c2ccccc2)cc1.c1ccc(P(c2ccccc2)c2ccccc2)cc1. The maximum absolute atomic E-state index is 9.75. The number of nitrogens with zero attached hydrogens (tertiary/aromatic N) is 2. The molecule has 0 aliphatic rings. The minimum absolute atomic E-state index is 0. The van der Waals surface area contributed by atoms with Gasteiger partial charge in [-0.15, -0.1) is 0 Å². The van der Waals surface area contributed by atoms with Gasteiger partial charge in [0.1, 0.15) is 0 Å². The molecule has 0 fully saturated rings. The van der Waals surface area contributed by atoms with Crippen LogP contribution in [-0.2, 0) is 15.4 Å². The second kappa shape index (κ2) is 21.9. The Kier molecular flexibility index (Phi) is 17.7. The van der Waals surface area contributed by atoms with Gasteiger partial charge in [-0.25, -0.2) is 0 Å². The number of rotatable bonds is 8. The molecule has 4 nitrogen and oxygen atoms in total. The Labute approximate surface area is 297 Å². The summed E-state index contributed by atoms with van der Waals surface area (Å²) in [5, 5.41) is 8.39. The molecule has 0 atom stereocenters. The van der Waals surface area contributed by atoms with E-state index in [9.17, 15) is 17.3 Å². The fourth-order valence-corrected chi connectivity index (χ4v) is 9.04. The molecule has 0 heterocycles. The second-order valence-corrected chi connectivity index (χ2v) is 16.9. The summed E-state index contributed by atoms with van der Waals surface area (Å²) >= 11 is -2.58. The molecule has 0 aromatic heterocycles. The zero-order valence-corrected chi connectivity index (χ0v) is 30.0. The standard InChI is InChI=1S/2C18H15P.BF4.ClH.2NO.Ru/c2*1-4-10-16(11-5-1)19(17-12-6-2-7-13-17)18-14-8-3-9-15-18;2-1(3,4)5;;2*1-2;/h2*1-15H;;1H;;;/q;;-1;;2*-1;+3. The van der Waals surface area contributed by atoms with E-state index in [0.29, 0.717) is 0 Å². The third-order valence-electron chi connectivity index (χ3n) is 6.19. The van der Waals surface area contributed by atoms with E-state index in [-0.39, 0.29) is 1.43 Å². The summed E-state index contributed by atoms with van der Waals surface area (Å²) in [5.41, 5.74) is 0. The van der Waals surface area contributed by atoms with E-state index in [1.165, 1.54) is 31.8 Å². The van der Waals surface area contributed by atoms with Crippen LogP contribution in [0.5, 0.6) is 0 Å². The Morgan fingerprint density at radius 2 is 0.551 bits per heavy atom. The average molecular weight is 809 g/mol. The first-order valence-electron chi connectivity index (χ1n) is 14.5. The van der Waals surface area contributed by atoms with Gasteiger partial charge in [-0.2, -0.15) is 0 Å². The van der Waals surface area contributed by atoms with Gasteiger partial charge in [0, 0.05) is 0 Å². The third-order valence-corrected chi connectivity index (χ3v) is 12.2. The van der Waals surface area contributed by atoms with E-state index in [1.807, 2.05) is 0 Å². The van der Waals surface area contributed by atoms with Crippen molar-refractivity contribution in [2.45, 2.75) is 0 Å². The van der Waals surface area contributed by atoms with Crippen LogP contribution in [0.2, 0.25) is 0 Å². The van der Waals surface area contributed by atoms with Crippen molar-refractivity contribution in [1.82, 2.24) is 0 Å². The molecule has 6 rings (SSSR count). The van der Waals surface area contributed by atoms with Crippen molar-refractivity contribution >= 4 is 64.6 Å². The number of hydrogen-bond donors (Lipinski definition) is 0. The minimum atomic E-state index is -6.00. The molecule has 0 unspecified atom stereocenters. The van der Waals surface area contributed by atoms with Crippen molar-refractivity contribution in [3.63, 3.8) is 0 Å². The summed E-state index contributed by atoms with van der Waals surface area (Å²) in [4.78, 5) is 18.2. The van der Waals surface area contributed by atoms with Gasteiger partial charge in [-0.05, 0) is 47.7 Å². The summed E-state index contributed by atoms with van der Waals surface area (Å²) in [6, 6.07) is 64.7. The van der Waals surface area contributed by atoms with Crippen molar-refractivity contribution in [3.05, 3.63) is 192 Å². The van der Waals surface area contributed by atoms with Crippen LogP contribution >= 0.6 is 25.5 Å². The molecule has 0 N–H and O–H groups in total. The maximum atomic E-state index is 9.75. The predicted molar refractivity (Wildman–Crippen MR) is 199 cm³/mol. The van der Waals surface area contributed by atoms with Crippen LogP contribution in [0.1, 0.15) is 1.43 Å². The largest absolute Gasteiger partial charge is 1.00 e. The fraction of sp³-hybridized carbons (Fsp3) is 0. The molecule has 13 heteroatoms. The molecule has 6 aromatic rings. The quantitative estimate of drug-likeness (QED) is 0.0667. The molecule has 253 valence electrons. The first-order valence-corrected chi connectivity index (χ1v) is 21.0. The van der Waals surface area contributed by atoms with Crippen LogP contribution < -0.4 is 31.8 Å². The second-order valence-electron chi connectivity index (χ2n) is 9.50. The maximum Gasteiger partial charge on any atom is 1.00 e. The Bertz CT molecular complexity index is 1460. The molecule has 0 saturated carbocycles. The van der Waals surface area contributed by atoms with Crippen molar-refractivity contribution in [2.75, 3.05) is 0 Å². The Morgan fingerprint density at radius 1 is 0.408 bits per heavy atom. The molecule has 49 heavy (non-hydrogen) atoms. The zero-order valence-electron chi connectivity index (χ0n) is 26.7. The Balaban J connectivity index is 0.000000265. The van der Waals surface area contributed by atoms with Crippen molar-refractivity contribution in [3.8, 4) is 0 Å². The topological polar surface area (TPSA) is 58.9 Å². The smallest absolute Gasteiger partial charge is 0.0622 e. The molecule has 0 saturated heterocycles. The van der Waals surface area contributed by atoms with Gasteiger partial charge in [0.05, 0.1) is 0 Å². The molecule has 0 aliphatic carbocycles. The van der Waals surface area contributed by atoms with E-state index in [4.69, 9.17) is 19.5 Å². The van der Waals surface area contributed by atoms with Crippen molar-refractivity contribution in [1.29, 1.82) is 0 Å². The Morgan fingerprint density at radius 3 is 0.653 bits per heavy atom. The van der Waals surface area contributed by atoms with Crippen LogP contribution in [0, 0.1) is 9.81 Å². The normalized spacial score (nSPS) is 10.6. The van der Waals surface area contributed by atoms with Crippen LogP contribution in [0.25, 0.3) is 0 Å². The number of halogens is 5. The number of benzene rings is 6. The molecular weight excluding hydrogens is 778 g/mol. The summed E-state index contributed by atoms with van der Waals surface area (Å²) in [6.07, 6.45) is 0. The summed E-state index contributed by atoms with van der Waals surface area (Å²) in [6.45, 7) is 0. The van der Waals surface area contributed by atoms with Crippen LogP contribution in [0.15, 0.2) is 190 Å². The van der Waals surface area contributed by atoms with Crippen molar-refractivity contribution in [2.24, 2.45) is 7.84 Å². The monoisotopic (exact) mass is 809 g/mol. The number of hydrogen-bond acceptors (Lipinski definition) is 4. The molecule has 0 aliphatic heterocycles. The van der Waals surface area contributed by atoms with Gasteiger partial charge < -0.3 is 17.3 Å². The molecule has 0 spiro atoms. The van der Waals surface area contributed by atoms with Gasteiger partial charge >= 0.3 is 51.5 Å². The minimum Gasteiger partial charge on any atom is -0.0622 e. The van der Waals surface area contributed by atoms with Crippen LogP contribution in [0.4, 0.5) is 17.3 Å². The van der Waals surface area contributed by atoms with E-state index < -0.39 is 38.5 Å². The summed E-state index contributed by atoms with van der Waals surface area (Å²) in [5.74, 6) is 0. The zero-order chi connectivity index (χ0) is 35.3. The van der Waals surface area contributed by atoms with E-state index in [2.05, 4.69) is 190 Å². The molecule has 0 amide bonds.